The van der Waals surface area contributed by atoms with Crippen molar-refractivity contribution in [2.75, 3.05) is 0 Å². The van der Waals surface area contributed by atoms with Crippen molar-refractivity contribution in [3.63, 3.8) is 0 Å². The Morgan fingerprint density at radius 1 is 0.884 bits per heavy atom. The van der Waals surface area contributed by atoms with E-state index >= 15 is 0 Å². The highest BCUT2D eigenvalue weighted by atomic mass is 35.5. The Labute approximate surface area is 248 Å². The van der Waals surface area contributed by atoms with Gasteiger partial charge in [-0.1, -0.05) is 34.4 Å². The van der Waals surface area contributed by atoms with Gasteiger partial charge in [0, 0.05) is 17.0 Å². The lowest BCUT2D eigenvalue weighted by Gasteiger charge is -2.37. The summed E-state index contributed by atoms with van der Waals surface area (Å²) in [7, 11) is -6.95. The Kier molecular flexibility index (Phi) is 8.31. The number of benzene rings is 1. The van der Waals surface area contributed by atoms with Crippen LogP contribution in [0.1, 0.15) is 55.8 Å². The molecule has 0 unspecified atom stereocenters. The largest absolute Gasteiger partial charge is 0.460 e. The number of rotatable bonds is 10. The van der Waals surface area contributed by atoms with Crippen molar-refractivity contribution in [3.05, 3.63) is 39.6 Å². The number of nitrogens with zero attached hydrogens (tertiary/aromatic N) is 1. The van der Waals surface area contributed by atoms with Gasteiger partial charge in [0.05, 0.1) is 28.9 Å². The number of hydrogen-bond acceptors (Lipinski definition) is 6. The van der Waals surface area contributed by atoms with Crippen LogP contribution in [0.4, 0.5) is 39.5 Å². The molecule has 0 amide bonds. The van der Waals surface area contributed by atoms with E-state index in [0.29, 0.717) is 32.6 Å². The molecule has 1 aromatic heterocycles. The molecule has 43 heavy (non-hydrogen) atoms. The lowest BCUT2D eigenvalue weighted by Crippen LogP contribution is -2.63. The molecule has 3 aliphatic rings. The molecule has 0 spiro atoms. The molecule has 2 aromatic rings. The average Bonchev–Trinajstić information content (AvgIpc) is 3.62. The number of ether oxygens (including phenoxy) is 1. The fourth-order valence-corrected chi connectivity index (χ4v) is 7.43. The molecule has 0 N–H and O–H groups in total. The third-order valence-corrected chi connectivity index (χ3v) is 10.1. The first-order valence-electron chi connectivity index (χ1n) is 13.0. The van der Waals surface area contributed by atoms with E-state index in [-0.39, 0.29) is 38.2 Å². The molecule has 2 bridgehead atoms. The first-order valence-corrected chi connectivity index (χ1v) is 15.1. The van der Waals surface area contributed by atoms with Crippen LogP contribution < -0.4 is 0 Å². The second-order valence-electron chi connectivity index (χ2n) is 10.9. The van der Waals surface area contributed by atoms with E-state index in [0.717, 1.165) is 12.8 Å². The summed E-state index contributed by atoms with van der Waals surface area (Å²) in [5.41, 5.74) is 1.33. The van der Waals surface area contributed by atoms with Gasteiger partial charge in [-0.2, -0.15) is 47.9 Å². The van der Waals surface area contributed by atoms with Crippen LogP contribution in [0.3, 0.4) is 0 Å². The van der Waals surface area contributed by atoms with E-state index in [1.165, 1.54) is 0 Å². The molecule has 0 saturated heterocycles. The zero-order valence-corrected chi connectivity index (χ0v) is 24.0. The fraction of sp³-hybridized carbons (Fsp3) is 0.640. The number of hydrogen-bond donors (Lipinski definition) is 0. The van der Waals surface area contributed by atoms with Crippen LogP contribution in [0.15, 0.2) is 22.7 Å². The second kappa shape index (κ2) is 11.0. The minimum absolute atomic E-state index is 0.00356. The van der Waals surface area contributed by atoms with Crippen LogP contribution in [0.5, 0.6) is 0 Å². The van der Waals surface area contributed by atoms with Gasteiger partial charge < -0.3 is 9.26 Å². The third kappa shape index (κ3) is 5.52. The monoisotopic (exact) mass is 689 g/mol. The number of aromatic nitrogens is 1. The molecule has 240 valence electrons. The molecule has 18 heteroatoms. The Morgan fingerprint density at radius 2 is 1.44 bits per heavy atom. The van der Waals surface area contributed by atoms with E-state index in [2.05, 4.69) is 9.34 Å². The third-order valence-electron chi connectivity index (χ3n) is 8.07. The first kappa shape index (κ1) is 32.6. The smallest absolute Gasteiger partial charge is 0.373 e. The standard InChI is InChI=1S/C25H22Cl2F9NO5S/c26-16-2-1-3-17(27)18(16)19-15(21(41-37-19)11-4-5-11)10-40-14-8-12-6-7-13(9-14)20(12)42-43(38,39)25(35,36)23(30,31)22(28,29)24(32,33)34/h1-3,11-14,20H,4-10H2/t12-,13+,14-,20-. The van der Waals surface area contributed by atoms with Gasteiger partial charge in [0.2, 0.25) is 0 Å². The molecule has 0 radical (unpaired) electrons. The summed E-state index contributed by atoms with van der Waals surface area (Å²) in [6.45, 7) is -0.0586. The van der Waals surface area contributed by atoms with Gasteiger partial charge in [-0.3, -0.25) is 4.18 Å². The van der Waals surface area contributed by atoms with Crippen LogP contribution in [-0.2, 0) is 25.6 Å². The molecule has 1 heterocycles. The van der Waals surface area contributed by atoms with Crippen LogP contribution in [0.25, 0.3) is 11.3 Å². The van der Waals surface area contributed by atoms with Crippen molar-refractivity contribution >= 4 is 33.3 Å². The molecule has 0 aliphatic heterocycles. The van der Waals surface area contributed by atoms with E-state index in [4.69, 9.17) is 32.5 Å². The predicted molar refractivity (Wildman–Crippen MR) is 133 cm³/mol. The molecular formula is C25H22Cl2F9NO5S. The number of fused-ring (bicyclic) bond motifs is 2. The number of halogens is 11. The maximum Gasteiger partial charge on any atom is 0.460 e. The summed E-state index contributed by atoms with van der Waals surface area (Å²) in [6.07, 6.45) is -7.35. The van der Waals surface area contributed by atoms with Gasteiger partial charge in [-0.05, 0) is 62.5 Å². The van der Waals surface area contributed by atoms with Gasteiger partial charge in [0.25, 0.3) is 0 Å². The summed E-state index contributed by atoms with van der Waals surface area (Å²) in [6, 6.07) is 4.85. The second-order valence-corrected chi connectivity index (χ2v) is 13.4. The molecule has 6 nitrogen and oxygen atoms in total. The predicted octanol–water partition coefficient (Wildman–Crippen LogP) is 8.37. The van der Waals surface area contributed by atoms with E-state index < -0.39 is 57.4 Å². The van der Waals surface area contributed by atoms with Crippen LogP contribution in [-0.4, -0.2) is 49.1 Å². The van der Waals surface area contributed by atoms with Crippen molar-refractivity contribution in [2.24, 2.45) is 11.8 Å². The van der Waals surface area contributed by atoms with E-state index in [1.807, 2.05) is 0 Å². The Balaban J connectivity index is 1.30. The summed E-state index contributed by atoms with van der Waals surface area (Å²) in [5, 5.41) is -2.15. The molecule has 5 rings (SSSR count). The van der Waals surface area contributed by atoms with Gasteiger partial charge in [-0.25, -0.2) is 0 Å². The summed E-state index contributed by atoms with van der Waals surface area (Å²) >= 11 is 12.7. The zero-order chi connectivity index (χ0) is 31.8. The summed E-state index contributed by atoms with van der Waals surface area (Å²) < 4.78 is 160. The van der Waals surface area contributed by atoms with Gasteiger partial charge in [0.1, 0.15) is 11.5 Å². The van der Waals surface area contributed by atoms with Crippen molar-refractivity contribution < 1.29 is 61.4 Å². The quantitative estimate of drug-likeness (QED) is 0.184. The SMILES string of the molecule is O=S(=O)(O[C@@H]1[C@@H]2CC[C@H]1C[C@H](OCc1c(-c3c(Cl)cccc3Cl)noc1C1CC1)C2)C(F)(F)C(F)(F)C(F)(F)C(F)(F)F. The minimum Gasteiger partial charge on any atom is -0.373 e. The summed E-state index contributed by atoms with van der Waals surface area (Å²) in [4.78, 5) is 0. The van der Waals surface area contributed by atoms with Crippen LogP contribution in [0.2, 0.25) is 10.0 Å². The average molecular weight is 690 g/mol. The van der Waals surface area contributed by atoms with Crippen molar-refractivity contribution in [1.29, 1.82) is 0 Å². The fourth-order valence-electron chi connectivity index (χ4n) is 5.68. The van der Waals surface area contributed by atoms with Crippen molar-refractivity contribution in [2.45, 2.75) is 86.5 Å². The van der Waals surface area contributed by atoms with Crippen molar-refractivity contribution in [3.8, 4) is 11.3 Å². The normalized spacial score (nSPS) is 25.4. The summed E-state index contributed by atoms with van der Waals surface area (Å²) in [5.74, 6) is -15.8. The Hall–Kier alpha value is -1.75. The molecule has 3 fully saturated rings. The zero-order valence-electron chi connectivity index (χ0n) is 21.6. The topological polar surface area (TPSA) is 78.6 Å². The molecule has 3 aliphatic carbocycles. The number of alkyl halides is 9. The lowest BCUT2D eigenvalue weighted by atomic mass is 9.84. The molecule has 4 atom stereocenters. The highest BCUT2D eigenvalue weighted by Gasteiger charge is 2.86. The molecule has 1 aromatic carbocycles. The van der Waals surface area contributed by atoms with E-state index in [1.54, 1.807) is 18.2 Å². The van der Waals surface area contributed by atoms with Gasteiger partial charge in [-0.15, -0.1) is 0 Å². The Morgan fingerprint density at radius 3 is 1.95 bits per heavy atom. The highest BCUT2D eigenvalue weighted by molar-refractivity contribution is 7.87. The molecule has 3 saturated carbocycles. The van der Waals surface area contributed by atoms with Gasteiger partial charge >= 0.3 is 33.4 Å². The highest BCUT2D eigenvalue weighted by Crippen LogP contribution is 2.56. The maximum atomic E-state index is 14.2. The maximum absolute atomic E-state index is 14.2. The van der Waals surface area contributed by atoms with Crippen LogP contribution >= 0.6 is 23.2 Å². The lowest BCUT2D eigenvalue weighted by molar-refractivity contribution is -0.383. The van der Waals surface area contributed by atoms with E-state index in [9.17, 15) is 47.9 Å². The first-order chi connectivity index (χ1) is 19.8. The van der Waals surface area contributed by atoms with Gasteiger partial charge in [0.15, 0.2) is 0 Å². The Bertz CT molecular complexity index is 1450. The van der Waals surface area contributed by atoms with Crippen molar-refractivity contribution in [1.82, 2.24) is 5.16 Å². The molecular weight excluding hydrogens is 668 g/mol. The minimum atomic E-state index is -7.36. The van der Waals surface area contributed by atoms with Crippen LogP contribution in [0, 0.1) is 11.8 Å².